The number of hydrogen-bond donors (Lipinski definition) is 2. The number of halogens is 2. The van der Waals surface area contributed by atoms with E-state index in [-0.39, 0.29) is 29.5 Å². The number of pyridine rings is 1. The molecule has 1 unspecified atom stereocenters. The van der Waals surface area contributed by atoms with Gasteiger partial charge < -0.3 is 24.1 Å². The summed E-state index contributed by atoms with van der Waals surface area (Å²) in [6, 6.07) is 7.45. The highest BCUT2D eigenvalue weighted by Gasteiger charge is 2.26. The predicted octanol–water partition coefficient (Wildman–Crippen LogP) is 3.67. The highest BCUT2D eigenvalue weighted by molar-refractivity contribution is 7.89. The maximum absolute atomic E-state index is 14.3. The molecule has 1 atom stereocenters. The van der Waals surface area contributed by atoms with E-state index >= 15 is 0 Å². The van der Waals surface area contributed by atoms with Gasteiger partial charge in [-0.3, -0.25) is 9.59 Å². The van der Waals surface area contributed by atoms with Crippen LogP contribution in [0.4, 0.5) is 20.2 Å². The Morgan fingerprint density at radius 2 is 1.94 bits per heavy atom. The summed E-state index contributed by atoms with van der Waals surface area (Å²) in [5, 5.41) is 3.70. The quantitative estimate of drug-likeness (QED) is 0.569. The summed E-state index contributed by atoms with van der Waals surface area (Å²) in [6.07, 6.45) is 1.47. The standard InChI is InChI=1S/C22H17F2N3O5S/c1-3-33(30)26-13-5-7-17(32-18-6-4-12(23)8-16(18)24)14(9-13)15-10-27(2)22(29)20-21(15)31-11-19(28)25-20/h3-10,26H,1,11H2,2H3,(H,25,28). The molecule has 0 radical (unpaired) electrons. The van der Waals surface area contributed by atoms with E-state index in [1.54, 1.807) is 12.1 Å². The summed E-state index contributed by atoms with van der Waals surface area (Å²) in [7, 11) is -0.0923. The van der Waals surface area contributed by atoms with Crippen molar-refractivity contribution in [2.24, 2.45) is 7.05 Å². The van der Waals surface area contributed by atoms with E-state index < -0.39 is 34.1 Å². The van der Waals surface area contributed by atoms with Crippen LogP contribution in [0.3, 0.4) is 0 Å². The van der Waals surface area contributed by atoms with E-state index in [4.69, 9.17) is 9.47 Å². The molecule has 0 fully saturated rings. The number of carbonyl (C=O) groups is 1. The highest BCUT2D eigenvalue weighted by Crippen LogP contribution is 2.43. The number of aromatic nitrogens is 1. The summed E-state index contributed by atoms with van der Waals surface area (Å²) in [6.45, 7) is 3.14. The number of nitrogens with one attached hydrogen (secondary N) is 2. The predicted molar refractivity (Wildman–Crippen MR) is 120 cm³/mol. The Labute approximate surface area is 189 Å². The molecular formula is C22H17F2N3O5S. The Bertz CT molecular complexity index is 1370. The number of benzene rings is 2. The molecule has 2 aromatic carbocycles. The summed E-state index contributed by atoms with van der Waals surface area (Å²) >= 11 is 0. The van der Waals surface area contributed by atoms with Gasteiger partial charge in [-0.25, -0.2) is 13.0 Å². The monoisotopic (exact) mass is 473 g/mol. The maximum Gasteiger partial charge on any atom is 0.277 e. The van der Waals surface area contributed by atoms with Gasteiger partial charge in [0.05, 0.1) is 0 Å². The van der Waals surface area contributed by atoms with Crippen molar-refractivity contribution < 1.29 is 27.3 Å². The second kappa shape index (κ2) is 8.87. The maximum atomic E-state index is 14.3. The molecule has 2 N–H and O–H groups in total. The highest BCUT2D eigenvalue weighted by atomic mass is 32.2. The summed E-state index contributed by atoms with van der Waals surface area (Å²) < 4.78 is 54.7. The third-order valence-electron chi connectivity index (χ3n) is 4.69. The molecule has 1 amide bonds. The minimum Gasteiger partial charge on any atom is -0.481 e. The molecule has 0 spiro atoms. The molecule has 1 aliphatic rings. The van der Waals surface area contributed by atoms with Crippen molar-refractivity contribution in [1.29, 1.82) is 0 Å². The van der Waals surface area contributed by atoms with Crippen LogP contribution in [0.25, 0.3) is 11.1 Å². The van der Waals surface area contributed by atoms with Crippen LogP contribution in [0.1, 0.15) is 0 Å². The first kappa shape index (κ1) is 22.2. The van der Waals surface area contributed by atoms with E-state index in [0.717, 1.165) is 12.1 Å². The van der Waals surface area contributed by atoms with Crippen LogP contribution in [-0.2, 0) is 22.8 Å². The van der Waals surface area contributed by atoms with Gasteiger partial charge in [0.15, 0.2) is 29.6 Å². The molecule has 8 nitrogen and oxygen atoms in total. The van der Waals surface area contributed by atoms with Gasteiger partial charge in [0.25, 0.3) is 11.5 Å². The normalized spacial score (nSPS) is 13.4. The van der Waals surface area contributed by atoms with Crippen molar-refractivity contribution in [2.45, 2.75) is 0 Å². The van der Waals surface area contributed by atoms with Gasteiger partial charge in [0.2, 0.25) is 0 Å². The van der Waals surface area contributed by atoms with Crippen molar-refractivity contribution in [3.8, 4) is 28.4 Å². The van der Waals surface area contributed by atoms with Gasteiger partial charge in [-0.1, -0.05) is 6.58 Å². The minimum atomic E-state index is -1.58. The number of fused-ring (bicyclic) bond motifs is 1. The fraction of sp³-hybridized carbons (Fsp3) is 0.0909. The number of aryl methyl sites for hydroxylation is 1. The number of ether oxygens (including phenoxy) is 2. The number of nitrogens with zero attached hydrogens (tertiary/aromatic N) is 1. The molecule has 0 saturated carbocycles. The zero-order valence-corrected chi connectivity index (χ0v) is 18.0. The van der Waals surface area contributed by atoms with Gasteiger partial charge >= 0.3 is 0 Å². The van der Waals surface area contributed by atoms with E-state index in [1.807, 2.05) is 0 Å². The molecular weight excluding hydrogens is 456 g/mol. The van der Waals surface area contributed by atoms with Crippen molar-refractivity contribution in [3.05, 3.63) is 76.6 Å². The summed E-state index contributed by atoms with van der Waals surface area (Å²) in [5.41, 5.74) is 0.525. The topological polar surface area (TPSA) is 98.7 Å². The Morgan fingerprint density at radius 3 is 2.67 bits per heavy atom. The Morgan fingerprint density at radius 1 is 1.18 bits per heavy atom. The van der Waals surface area contributed by atoms with E-state index in [9.17, 15) is 22.6 Å². The second-order valence-electron chi connectivity index (χ2n) is 6.95. The smallest absolute Gasteiger partial charge is 0.277 e. The lowest BCUT2D eigenvalue weighted by atomic mass is 10.0. The SMILES string of the molecule is C=CS(=O)Nc1ccc(Oc2ccc(F)cc2F)c(-c2cn(C)c(=O)c3c2OCC(=O)N3)c1. The Balaban J connectivity index is 1.91. The van der Waals surface area contributed by atoms with E-state index in [0.29, 0.717) is 22.9 Å². The summed E-state index contributed by atoms with van der Waals surface area (Å²) in [5.74, 6) is -2.16. The fourth-order valence-electron chi connectivity index (χ4n) is 3.21. The first-order chi connectivity index (χ1) is 15.8. The van der Waals surface area contributed by atoms with Gasteiger partial charge in [0.1, 0.15) is 22.6 Å². The van der Waals surface area contributed by atoms with E-state index in [1.165, 1.54) is 29.3 Å². The van der Waals surface area contributed by atoms with Crippen LogP contribution in [0, 0.1) is 11.6 Å². The molecule has 4 rings (SSSR count). The zero-order chi connectivity index (χ0) is 23.7. The number of hydrogen-bond acceptors (Lipinski definition) is 5. The van der Waals surface area contributed by atoms with Crippen molar-refractivity contribution in [1.82, 2.24) is 4.57 Å². The van der Waals surface area contributed by atoms with Crippen LogP contribution in [0.2, 0.25) is 0 Å². The molecule has 2 heterocycles. The zero-order valence-electron chi connectivity index (χ0n) is 17.2. The molecule has 0 aliphatic carbocycles. The largest absolute Gasteiger partial charge is 0.481 e. The molecule has 170 valence electrons. The van der Waals surface area contributed by atoms with Crippen LogP contribution in [-0.4, -0.2) is 21.3 Å². The third kappa shape index (κ3) is 4.48. The van der Waals surface area contributed by atoms with Gasteiger partial charge in [0, 0.05) is 41.5 Å². The molecule has 1 aliphatic heterocycles. The number of amides is 1. The van der Waals surface area contributed by atoms with Crippen molar-refractivity contribution in [2.75, 3.05) is 16.6 Å². The average molecular weight is 473 g/mol. The lowest BCUT2D eigenvalue weighted by Gasteiger charge is -2.22. The lowest BCUT2D eigenvalue weighted by Crippen LogP contribution is -2.32. The molecule has 33 heavy (non-hydrogen) atoms. The fourth-order valence-corrected chi connectivity index (χ4v) is 3.65. The number of anilines is 2. The molecule has 1 aromatic heterocycles. The Kier molecular flexibility index (Phi) is 5.97. The van der Waals surface area contributed by atoms with Crippen molar-refractivity contribution in [3.63, 3.8) is 0 Å². The van der Waals surface area contributed by atoms with E-state index in [2.05, 4.69) is 16.6 Å². The summed E-state index contributed by atoms with van der Waals surface area (Å²) in [4.78, 5) is 24.3. The van der Waals surface area contributed by atoms with Gasteiger partial charge in [-0.2, -0.15) is 0 Å². The minimum absolute atomic E-state index is 0.0572. The average Bonchev–Trinajstić information content (AvgIpc) is 2.79. The number of carbonyl (C=O) groups excluding carboxylic acids is 1. The van der Waals surface area contributed by atoms with Crippen LogP contribution < -0.4 is 25.1 Å². The first-order valence-electron chi connectivity index (χ1n) is 9.50. The lowest BCUT2D eigenvalue weighted by molar-refractivity contribution is -0.118. The van der Waals surface area contributed by atoms with Gasteiger partial charge in [-0.05, 0) is 30.3 Å². The van der Waals surface area contributed by atoms with Crippen LogP contribution in [0.5, 0.6) is 17.2 Å². The molecule has 3 aromatic rings. The molecule has 0 saturated heterocycles. The number of rotatable bonds is 6. The Hall–Kier alpha value is -3.99. The molecule has 11 heteroatoms. The first-order valence-corrected chi connectivity index (χ1v) is 10.7. The van der Waals surface area contributed by atoms with Gasteiger partial charge in [-0.15, -0.1) is 0 Å². The third-order valence-corrected chi connectivity index (χ3v) is 5.43. The van der Waals surface area contributed by atoms with Crippen molar-refractivity contribution >= 4 is 28.3 Å². The second-order valence-corrected chi connectivity index (χ2v) is 8.09. The molecule has 0 bridgehead atoms. The van der Waals surface area contributed by atoms with Crippen LogP contribution >= 0.6 is 0 Å². The van der Waals surface area contributed by atoms with Crippen LogP contribution in [0.15, 0.2) is 59.4 Å².